The number of fused-ring (bicyclic) bond motifs is 1. The van der Waals surface area contributed by atoms with Crippen LogP contribution in [-0.2, 0) is 4.79 Å². The van der Waals surface area contributed by atoms with Gasteiger partial charge in [-0.15, -0.1) is 0 Å². The summed E-state index contributed by atoms with van der Waals surface area (Å²) in [5.41, 5.74) is 0.696. The van der Waals surface area contributed by atoms with E-state index in [2.05, 4.69) is 24.1 Å². The second-order valence-corrected chi connectivity index (χ2v) is 9.78. The van der Waals surface area contributed by atoms with Gasteiger partial charge in [-0.2, -0.15) is 0 Å². The minimum Gasteiger partial charge on any atom is -0.354 e. The van der Waals surface area contributed by atoms with Gasteiger partial charge in [-0.25, -0.2) is 0 Å². The molecule has 4 unspecified atom stereocenters. The third-order valence-electron chi connectivity index (χ3n) is 7.49. The number of carbonyl (C=O) groups is 2. The second-order valence-electron chi connectivity index (χ2n) is 9.78. The predicted octanol–water partition coefficient (Wildman–Crippen LogP) is 3.70. The number of benzene rings is 1. The highest BCUT2D eigenvalue weighted by Gasteiger charge is 2.47. The van der Waals surface area contributed by atoms with E-state index in [-0.39, 0.29) is 23.9 Å². The summed E-state index contributed by atoms with van der Waals surface area (Å²) >= 11 is 0. The van der Waals surface area contributed by atoms with Crippen molar-refractivity contribution in [2.75, 3.05) is 19.6 Å². The summed E-state index contributed by atoms with van der Waals surface area (Å²) in [7, 11) is 0. The first-order valence-corrected chi connectivity index (χ1v) is 11.9. The second kappa shape index (κ2) is 9.51. The Morgan fingerprint density at radius 2 is 1.83 bits per heavy atom. The van der Waals surface area contributed by atoms with Crippen LogP contribution in [0, 0.1) is 11.8 Å². The Morgan fingerprint density at radius 3 is 2.60 bits per heavy atom. The first-order valence-electron chi connectivity index (χ1n) is 11.9. The summed E-state index contributed by atoms with van der Waals surface area (Å²) in [5, 5.41) is 3.24. The lowest BCUT2D eigenvalue weighted by atomic mass is 9.84. The zero-order valence-corrected chi connectivity index (χ0v) is 18.6. The van der Waals surface area contributed by atoms with Crippen molar-refractivity contribution < 1.29 is 9.59 Å². The Hall–Kier alpha value is -1.88. The van der Waals surface area contributed by atoms with Gasteiger partial charge in [0.2, 0.25) is 5.91 Å². The fraction of sp³-hybridized carbons (Fsp3) is 0.680. The Bertz CT molecular complexity index is 735. The lowest BCUT2D eigenvalue weighted by molar-refractivity contribution is -0.125. The molecule has 0 radical (unpaired) electrons. The lowest BCUT2D eigenvalue weighted by Crippen LogP contribution is -2.51. The molecular weight excluding hydrogens is 374 g/mol. The monoisotopic (exact) mass is 411 g/mol. The van der Waals surface area contributed by atoms with Crippen molar-refractivity contribution >= 4 is 11.8 Å². The largest absolute Gasteiger partial charge is 0.354 e. The summed E-state index contributed by atoms with van der Waals surface area (Å²) in [4.78, 5) is 31.1. The van der Waals surface area contributed by atoms with Crippen LogP contribution in [-0.4, -0.2) is 59.4 Å². The molecule has 5 nitrogen and oxygen atoms in total. The fourth-order valence-electron chi connectivity index (χ4n) is 5.81. The molecule has 4 rings (SSSR count). The van der Waals surface area contributed by atoms with E-state index in [1.807, 2.05) is 35.2 Å². The van der Waals surface area contributed by atoms with Gasteiger partial charge in [-0.3, -0.25) is 9.59 Å². The van der Waals surface area contributed by atoms with E-state index in [1.54, 1.807) is 0 Å². The van der Waals surface area contributed by atoms with Crippen molar-refractivity contribution in [3.8, 4) is 0 Å². The molecule has 30 heavy (non-hydrogen) atoms. The van der Waals surface area contributed by atoms with Gasteiger partial charge >= 0.3 is 0 Å². The number of likely N-dealkylation sites (tertiary alicyclic amines) is 2. The Kier molecular flexibility index (Phi) is 6.77. The summed E-state index contributed by atoms with van der Waals surface area (Å²) in [6, 6.07) is 9.93. The molecule has 0 aromatic heterocycles. The maximum Gasteiger partial charge on any atom is 0.254 e. The normalized spacial score (nSPS) is 29.6. The lowest BCUT2D eigenvalue weighted by Gasteiger charge is -2.36. The number of rotatable bonds is 5. The van der Waals surface area contributed by atoms with E-state index < -0.39 is 0 Å². The minimum absolute atomic E-state index is 0.0220. The molecule has 2 saturated heterocycles. The van der Waals surface area contributed by atoms with Gasteiger partial charge in [-0.05, 0) is 76.5 Å². The van der Waals surface area contributed by atoms with Crippen LogP contribution in [0.25, 0.3) is 0 Å². The molecule has 2 heterocycles. The zero-order valence-electron chi connectivity index (χ0n) is 18.6. The number of carbonyl (C=O) groups excluding carboxylic acids is 2. The highest BCUT2D eigenvalue weighted by Crippen LogP contribution is 2.40. The smallest absolute Gasteiger partial charge is 0.254 e. The number of piperidine rings is 1. The molecule has 164 valence electrons. The Balaban J connectivity index is 1.44. The number of nitrogens with zero attached hydrogens (tertiary/aromatic N) is 2. The van der Waals surface area contributed by atoms with Crippen molar-refractivity contribution in [3.63, 3.8) is 0 Å². The third kappa shape index (κ3) is 4.56. The number of hydrogen-bond donors (Lipinski definition) is 1. The topological polar surface area (TPSA) is 52.7 Å². The van der Waals surface area contributed by atoms with Crippen molar-refractivity contribution in [1.29, 1.82) is 0 Å². The minimum atomic E-state index is -0.324. The highest BCUT2D eigenvalue weighted by molar-refractivity contribution is 5.98. The van der Waals surface area contributed by atoms with Gasteiger partial charge in [0.1, 0.15) is 6.04 Å². The molecule has 3 aliphatic rings. The Labute approximate surface area is 181 Å². The van der Waals surface area contributed by atoms with E-state index in [0.717, 1.165) is 45.3 Å². The van der Waals surface area contributed by atoms with Crippen LogP contribution in [0.15, 0.2) is 30.3 Å². The van der Waals surface area contributed by atoms with E-state index >= 15 is 0 Å². The molecule has 1 saturated carbocycles. The van der Waals surface area contributed by atoms with Crippen molar-refractivity contribution in [3.05, 3.63) is 35.9 Å². The van der Waals surface area contributed by atoms with Gasteiger partial charge in [0.15, 0.2) is 0 Å². The maximum atomic E-state index is 13.4. The van der Waals surface area contributed by atoms with Gasteiger partial charge in [0.25, 0.3) is 5.91 Å². The van der Waals surface area contributed by atoms with Gasteiger partial charge in [0, 0.05) is 30.7 Å². The average molecular weight is 412 g/mol. The predicted molar refractivity (Wildman–Crippen MR) is 119 cm³/mol. The third-order valence-corrected chi connectivity index (χ3v) is 7.49. The molecule has 0 bridgehead atoms. The molecule has 1 N–H and O–H groups in total. The summed E-state index contributed by atoms with van der Waals surface area (Å²) < 4.78 is 0. The molecular formula is C25H37N3O2. The van der Waals surface area contributed by atoms with Gasteiger partial charge in [0.05, 0.1) is 0 Å². The van der Waals surface area contributed by atoms with Crippen LogP contribution in [0.2, 0.25) is 0 Å². The van der Waals surface area contributed by atoms with Crippen LogP contribution in [0.1, 0.15) is 69.2 Å². The quantitative estimate of drug-likeness (QED) is 0.804. The molecule has 0 spiro atoms. The first kappa shape index (κ1) is 21.4. The molecule has 3 fully saturated rings. The standard InChI is InChI=1S/C25H37N3O2/c1-18(2)27-14-8-9-19(17-27)16-26-24(29)23-15-21-12-6-7-13-22(21)28(23)25(30)20-10-4-3-5-11-20/h3-5,10-11,18-19,21-23H,6-9,12-17H2,1-2H3,(H,26,29). The van der Waals surface area contributed by atoms with Crippen LogP contribution in [0.3, 0.4) is 0 Å². The van der Waals surface area contributed by atoms with E-state index in [9.17, 15) is 9.59 Å². The number of hydrogen-bond acceptors (Lipinski definition) is 3. The molecule has 1 aromatic rings. The molecule has 2 aliphatic heterocycles. The maximum absolute atomic E-state index is 13.4. The van der Waals surface area contributed by atoms with Gasteiger partial charge < -0.3 is 15.1 Å². The Morgan fingerprint density at radius 1 is 1.07 bits per heavy atom. The molecule has 4 atom stereocenters. The van der Waals surface area contributed by atoms with Crippen molar-refractivity contribution in [2.24, 2.45) is 11.8 Å². The van der Waals surface area contributed by atoms with E-state index in [1.165, 1.54) is 19.3 Å². The van der Waals surface area contributed by atoms with Gasteiger partial charge in [-0.1, -0.05) is 31.0 Å². The van der Waals surface area contributed by atoms with Crippen molar-refractivity contribution in [1.82, 2.24) is 15.1 Å². The summed E-state index contributed by atoms with van der Waals surface area (Å²) in [5.74, 6) is 1.05. The zero-order chi connectivity index (χ0) is 21.1. The average Bonchev–Trinajstić information content (AvgIpc) is 3.17. The first-order chi connectivity index (χ1) is 14.5. The van der Waals surface area contributed by atoms with Crippen LogP contribution < -0.4 is 5.32 Å². The molecule has 5 heteroatoms. The molecule has 2 amide bonds. The SMILES string of the molecule is CC(C)N1CCCC(CNC(=O)C2CC3CCCCC3N2C(=O)c2ccccc2)C1. The molecule has 1 aromatic carbocycles. The van der Waals surface area contributed by atoms with Crippen molar-refractivity contribution in [2.45, 2.75) is 76.9 Å². The fourth-order valence-corrected chi connectivity index (χ4v) is 5.81. The van der Waals surface area contributed by atoms with Crippen LogP contribution in [0.5, 0.6) is 0 Å². The summed E-state index contributed by atoms with van der Waals surface area (Å²) in [6.07, 6.45) is 7.73. The number of nitrogens with one attached hydrogen (secondary N) is 1. The summed E-state index contributed by atoms with van der Waals surface area (Å²) in [6.45, 7) is 7.43. The number of amides is 2. The van der Waals surface area contributed by atoms with E-state index in [4.69, 9.17) is 0 Å². The van der Waals surface area contributed by atoms with Crippen LogP contribution in [0.4, 0.5) is 0 Å². The highest BCUT2D eigenvalue weighted by atomic mass is 16.2. The van der Waals surface area contributed by atoms with Crippen LogP contribution >= 0.6 is 0 Å². The molecule has 1 aliphatic carbocycles. The van der Waals surface area contributed by atoms with E-state index in [0.29, 0.717) is 23.4 Å².